The molecule has 2 aromatic carbocycles. The standard InChI is InChI=1S/C20H24N2O4S/c1-15-5-10-19(16(2)14-15)26-13-11-21-27(24,25)18-8-6-17(7-9-18)22-12-3-4-20(22)23/h5-10,14,21H,3-4,11-13H2,1-2H3. The highest BCUT2D eigenvalue weighted by Gasteiger charge is 2.22. The predicted molar refractivity (Wildman–Crippen MR) is 105 cm³/mol. The van der Waals surface area contributed by atoms with Gasteiger partial charge in [-0.2, -0.15) is 0 Å². The summed E-state index contributed by atoms with van der Waals surface area (Å²) in [6.07, 6.45) is 1.38. The van der Waals surface area contributed by atoms with Crippen molar-refractivity contribution in [1.29, 1.82) is 0 Å². The Bertz CT molecular complexity index is 923. The second kappa shape index (κ2) is 8.10. The van der Waals surface area contributed by atoms with Gasteiger partial charge in [0.15, 0.2) is 0 Å². The summed E-state index contributed by atoms with van der Waals surface area (Å²) in [5.74, 6) is 0.826. The lowest BCUT2D eigenvalue weighted by molar-refractivity contribution is -0.117. The molecule has 1 heterocycles. The molecule has 0 atom stereocenters. The van der Waals surface area contributed by atoms with Crippen molar-refractivity contribution in [3.05, 3.63) is 53.6 Å². The van der Waals surface area contributed by atoms with Crippen LogP contribution in [-0.4, -0.2) is 34.0 Å². The van der Waals surface area contributed by atoms with E-state index in [4.69, 9.17) is 4.74 Å². The molecule has 0 saturated carbocycles. The van der Waals surface area contributed by atoms with Crippen LogP contribution >= 0.6 is 0 Å². The largest absolute Gasteiger partial charge is 0.492 e. The van der Waals surface area contributed by atoms with Crippen molar-refractivity contribution in [2.24, 2.45) is 0 Å². The van der Waals surface area contributed by atoms with Crippen LogP contribution in [-0.2, 0) is 14.8 Å². The molecule has 1 saturated heterocycles. The van der Waals surface area contributed by atoms with Gasteiger partial charge in [-0.05, 0) is 56.2 Å². The summed E-state index contributed by atoms with van der Waals surface area (Å²) < 4.78 is 33.0. The Morgan fingerprint density at radius 2 is 1.85 bits per heavy atom. The van der Waals surface area contributed by atoms with Gasteiger partial charge in [-0.3, -0.25) is 4.79 Å². The van der Waals surface area contributed by atoms with E-state index in [1.54, 1.807) is 17.0 Å². The smallest absolute Gasteiger partial charge is 0.240 e. The number of carbonyl (C=O) groups is 1. The van der Waals surface area contributed by atoms with Crippen molar-refractivity contribution in [2.75, 3.05) is 24.6 Å². The molecule has 1 fully saturated rings. The van der Waals surface area contributed by atoms with Crippen LogP contribution in [0.5, 0.6) is 5.75 Å². The average molecular weight is 388 g/mol. The van der Waals surface area contributed by atoms with Gasteiger partial charge in [-0.25, -0.2) is 13.1 Å². The lowest BCUT2D eigenvalue weighted by atomic mass is 10.1. The third-order valence-corrected chi connectivity index (χ3v) is 5.99. The van der Waals surface area contributed by atoms with E-state index in [0.29, 0.717) is 13.0 Å². The molecule has 144 valence electrons. The number of sulfonamides is 1. The van der Waals surface area contributed by atoms with E-state index < -0.39 is 10.0 Å². The molecule has 0 bridgehead atoms. The molecule has 27 heavy (non-hydrogen) atoms. The maximum atomic E-state index is 12.4. The molecule has 3 rings (SSSR count). The van der Waals surface area contributed by atoms with E-state index in [2.05, 4.69) is 4.72 Å². The van der Waals surface area contributed by atoms with Gasteiger partial charge in [0.05, 0.1) is 4.90 Å². The summed E-state index contributed by atoms with van der Waals surface area (Å²) in [6, 6.07) is 12.2. The van der Waals surface area contributed by atoms with Crippen LogP contribution in [0, 0.1) is 13.8 Å². The normalized spacial score (nSPS) is 14.6. The van der Waals surface area contributed by atoms with Gasteiger partial charge in [-0.15, -0.1) is 0 Å². The number of nitrogens with one attached hydrogen (secondary N) is 1. The molecule has 7 heteroatoms. The Hall–Kier alpha value is -2.38. The summed E-state index contributed by atoms with van der Waals surface area (Å²) in [7, 11) is -3.62. The number of hydrogen-bond donors (Lipinski definition) is 1. The quantitative estimate of drug-likeness (QED) is 0.740. The SMILES string of the molecule is Cc1ccc(OCCNS(=O)(=O)c2ccc(N3CCCC3=O)cc2)c(C)c1. The predicted octanol–water partition coefficient (Wildman–Crippen LogP) is 2.79. The van der Waals surface area contributed by atoms with E-state index in [-0.39, 0.29) is 24.0 Å². The summed E-state index contributed by atoms with van der Waals surface area (Å²) in [6.45, 7) is 5.05. The number of rotatable bonds is 7. The van der Waals surface area contributed by atoms with Crippen LogP contribution in [0.25, 0.3) is 0 Å². The van der Waals surface area contributed by atoms with Crippen molar-refractivity contribution in [2.45, 2.75) is 31.6 Å². The molecule has 1 aliphatic heterocycles. The van der Waals surface area contributed by atoms with E-state index in [1.165, 1.54) is 12.1 Å². The summed E-state index contributed by atoms with van der Waals surface area (Å²) in [5.41, 5.74) is 2.90. The number of anilines is 1. The lowest BCUT2D eigenvalue weighted by Gasteiger charge is -2.16. The maximum absolute atomic E-state index is 12.4. The zero-order chi connectivity index (χ0) is 19.4. The third-order valence-electron chi connectivity index (χ3n) is 4.51. The van der Waals surface area contributed by atoms with Crippen LogP contribution in [0.3, 0.4) is 0 Å². The van der Waals surface area contributed by atoms with Gasteiger partial charge in [0.1, 0.15) is 12.4 Å². The first kappa shape index (κ1) is 19.4. The van der Waals surface area contributed by atoms with E-state index in [0.717, 1.165) is 29.0 Å². The van der Waals surface area contributed by atoms with Gasteiger partial charge < -0.3 is 9.64 Å². The first-order valence-corrected chi connectivity index (χ1v) is 10.5. The van der Waals surface area contributed by atoms with Crippen LogP contribution in [0.4, 0.5) is 5.69 Å². The zero-order valence-electron chi connectivity index (χ0n) is 15.6. The molecule has 0 spiro atoms. The van der Waals surface area contributed by atoms with Crippen molar-refractivity contribution in [3.63, 3.8) is 0 Å². The Kier molecular flexibility index (Phi) is 5.82. The zero-order valence-corrected chi connectivity index (χ0v) is 16.4. The van der Waals surface area contributed by atoms with Gasteiger partial charge in [0.2, 0.25) is 15.9 Å². The Labute approximate surface area is 160 Å². The summed E-state index contributed by atoms with van der Waals surface area (Å²) >= 11 is 0. The van der Waals surface area contributed by atoms with Gasteiger partial charge in [0.25, 0.3) is 0 Å². The fourth-order valence-corrected chi connectivity index (χ4v) is 4.12. The molecular weight excluding hydrogens is 364 g/mol. The lowest BCUT2D eigenvalue weighted by Crippen LogP contribution is -2.28. The number of carbonyl (C=O) groups excluding carboxylic acids is 1. The van der Waals surface area contributed by atoms with Gasteiger partial charge in [-0.1, -0.05) is 17.7 Å². The highest BCUT2D eigenvalue weighted by Crippen LogP contribution is 2.23. The molecule has 0 radical (unpaired) electrons. The number of hydrogen-bond acceptors (Lipinski definition) is 4. The van der Waals surface area contributed by atoms with Gasteiger partial charge in [0, 0.05) is 25.2 Å². The number of amides is 1. The number of ether oxygens (including phenoxy) is 1. The Morgan fingerprint density at radius 3 is 2.48 bits per heavy atom. The molecular formula is C20H24N2O4S. The monoisotopic (exact) mass is 388 g/mol. The van der Waals surface area contributed by atoms with Crippen molar-refractivity contribution >= 4 is 21.6 Å². The molecule has 0 unspecified atom stereocenters. The summed E-state index contributed by atoms with van der Waals surface area (Å²) in [4.78, 5) is 13.6. The Balaban J connectivity index is 1.55. The van der Waals surface area contributed by atoms with Crippen LogP contribution in [0.15, 0.2) is 47.4 Å². The Morgan fingerprint density at radius 1 is 1.11 bits per heavy atom. The fraction of sp³-hybridized carbons (Fsp3) is 0.350. The topological polar surface area (TPSA) is 75.7 Å². The van der Waals surface area contributed by atoms with Crippen molar-refractivity contribution in [1.82, 2.24) is 4.72 Å². The van der Waals surface area contributed by atoms with E-state index in [1.807, 2.05) is 32.0 Å². The minimum absolute atomic E-state index is 0.0762. The molecule has 1 amide bonds. The number of nitrogens with zero attached hydrogens (tertiary/aromatic N) is 1. The highest BCUT2D eigenvalue weighted by atomic mass is 32.2. The fourth-order valence-electron chi connectivity index (χ4n) is 3.11. The van der Waals surface area contributed by atoms with Crippen LogP contribution in [0.2, 0.25) is 0 Å². The number of benzene rings is 2. The van der Waals surface area contributed by atoms with Crippen molar-refractivity contribution in [3.8, 4) is 5.75 Å². The average Bonchev–Trinajstić information content (AvgIpc) is 3.06. The molecule has 0 aliphatic carbocycles. The molecule has 1 aliphatic rings. The minimum atomic E-state index is -3.62. The second-order valence-corrected chi connectivity index (χ2v) is 8.42. The molecule has 2 aromatic rings. The maximum Gasteiger partial charge on any atom is 0.240 e. The second-order valence-electron chi connectivity index (χ2n) is 6.66. The molecule has 1 N–H and O–H groups in total. The molecule has 0 aromatic heterocycles. The first-order valence-electron chi connectivity index (χ1n) is 8.97. The summed E-state index contributed by atoms with van der Waals surface area (Å²) in [5, 5.41) is 0. The van der Waals surface area contributed by atoms with Gasteiger partial charge >= 0.3 is 0 Å². The van der Waals surface area contributed by atoms with Crippen LogP contribution in [0.1, 0.15) is 24.0 Å². The molecule has 6 nitrogen and oxygen atoms in total. The minimum Gasteiger partial charge on any atom is -0.492 e. The van der Waals surface area contributed by atoms with E-state index >= 15 is 0 Å². The number of aryl methyl sites for hydroxylation is 2. The van der Waals surface area contributed by atoms with Crippen molar-refractivity contribution < 1.29 is 17.9 Å². The van der Waals surface area contributed by atoms with E-state index in [9.17, 15) is 13.2 Å². The highest BCUT2D eigenvalue weighted by molar-refractivity contribution is 7.89. The van der Waals surface area contributed by atoms with Crippen LogP contribution < -0.4 is 14.4 Å². The third kappa shape index (κ3) is 4.67. The first-order chi connectivity index (χ1) is 12.9.